The van der Waals surface area contributed by atoms with Gasteiger partial charge in [0.15, 0.2) is 0 Å². The van der Waals surface area contributed by atoms with Gasteiger partial charge in [0.1, 0.15) is 13.2 Å². The van der Waals surface area contributed by atoms with E-state index in [0.717, 1.165) is 51.4 Å². The first-order valence-electron chi connectivity index (χ1n) is 12.9. The molecule has 0 aliphatic carbocycles. The zero-order chi connectivity index (χ0) is 25.2. The van der Waals surface area contributed by atoms with Crippen LogP contribution in [-0.2, 0) is 18.4 Å². The molecule has 198 valence electrons. The SMILES string of the molecule is CCCCCCCCC(O)C(COP(=O)(O)OCC[N+](C)(C)C)NC(=O)CCCCCCC. The molecule has 0 aromatic heterocycles. The smallest absolute Gasteiger partial charge is 0.391 e. The lowest BCUT2D eigenvalue weighted by atomic mass is 10.0. The monoisotopic (exact) mass is 495 g/mol. The van der Waals surface area contributed by atoms with Crippen molar-refractivity contribution in [3.8, 4) is 0 Å². The molecule has 0 aliphatic heterocycles. The van der Waals surface area contributed by atoms with Crippen molar-refractivity contribution in [1.29, 1.82) is 0 Å². The summed E-state index contributed by atoms with van der Waals surface area (Å²) in [5.41, 5.74) is 0. The van der Waals surface area contributed by atoms with Crippen LogP contribution in [0.15, 0.2) is 0 Å². The predicted octanol–water partition coefficient (Wildman–Crippen LogP) is 4.78. The number of rotatable bonds is 22. The van der Waals surface area contributed by atoms with Crippen molar-refractivity contribution in [3.63, 3.8) is 0 Å². The Bertz CT molecular complexity index is 542. The van der Waals surface area contributed by atoms with Crippen LogP contribution in [0.5, 0.6) is 0 Å². The summed E-state index contributed by atoms with van der Waals surface area (Å²) in [6.07, 6.45) is 11.8. The number of hydrogen-bond donors (Lipinski definition) is 3. The first-order chi connectivity index (χ1) is 15.5. The summed E-state index contributed by atoms with van der Waals surface area (Å²) in [6, 6.07) is -0.744. The molecule has 0 heterocycles. The summed E-state index contributed by atoms with van der Waals surface area (Å²) in [5, 5.41) is 13.5. The number of carbonyl (C=O) groups excluding carboxylic acids is 1. The molecule has 0 spiro atoms. The molecule has 3 atom stereocenters. The maximum absolute atomic E-state index is 12.4. The number of phosphoric acid groups is 1. The third-order valence-corrected chi connectivity index (χ3v) is 6.59. The molecule has 3 unspecified atom stereocenters. The molecule has 1 amide bonds. The Morgan fingerprint density at radius 2 is 1.45 bits per heavy atom. The Morgan fingerprint density at radius 1 is 0.909 bits per heavy atom. The maximum atomic E-state index is 12.4. The number of quaternary nitrogens is 1. The molecule has 0 bridgehead atoms. The van der Waals surface area contributed by atoms with E-state index in [-0.39, 0.29) is 19.1 Å². The largest absolute Gasteiger partial charge is 0.472 e. The number of aliphatic hydroxyl groups is 1. The molecule has 0 aromatic carbocycles. The lowest BCUT2D eigenvalue weighted by Crippen LogP contribution is -2.46. The molecule has 0 saturated carbocycles. The number of nitrogens with zero attached hydrogens (tertiary/aromatic N) is 1. The highest BCUT2D eigenvalue weighted by molar-refractivity contribution is 7.47. The number of carbonyl (C=O) groups is 1. The summed E-state index contributed by atoms with van der Waals surface area (Å²) >= 11 is 0. The lowest BCUT2D eigenvalue weighted by Gasteiger charge is -2.26. The van der Waals surface area contributed by atoms with E-state index in [2.05, 4.69) is 19.2 Å². The van der Waals surface area contributed by atoms with Crippen molar-refractivity contribution >= 4 is 13.7 Å². The van der Waals surface area contributed by atoms with E-state index in [1.165, 1.54) is 19.3 Å². The highest BCUT2D eigenvalue weighted by atomic mass is 31.2. The Labute approximate surface area is 202 Å². The van der Waals surface area contributed by atoms with Crippen LogP contribution < -0.4 is 5.32 Å². The Balaban J connectivity index is 4.67. The van der Waals surface area contributed by atoms with Crippen molar-refractivity contribution in [2.24, 2.45) is 0 Å². The fraction of sp³-hybridized carbons (Fsp3) is 0.958. The highest BCUT2D eigenvalue weighted by Crippen LogP contribution is 2.43. The van der Waals surface area contributed by atoms with Gasteiger partial charge in [-0.05, 0) is 12.8 Å². The molecule has 0 radical (unpaired) electrons. The van der Waals surface area contributed by atoms with Crippen LogP contribution >= 0.6 is 7.82 Å². The van der Waals surface area contributed by atoms with E-state index in [4.69, 9.17) is 9.05 Å². The summed E-state index contributed by atoms with van der Waals surface area (Å²) in [4.78, 5) is 22.4. The van der Waals surface area contributed by atoms with Crippen molar-refractivity contribution in [1.82, 2.24) is 5.32 Å². The maximum Gasteiger partial charge on any atom is 0.472 e. The van der Waals surface area contributed by atoms with Crippen LogP contribution in [0, 0.1) is 0 Å². The standard InChI is InChI=1S/C24H51N2O6P/c1-6-8-10-12-14-15-17-23(27)22(25-24(28)18-16-13-11-9-7-2)21-32-33(29,30)31-20-19-26(3,4)5/h22-23,27H,6-21H2,1-5H3,(H-,25,28,29,30)/p+1. The zero-order valence-electron chi connectivity index (χ0n) is 21.9. The predicted molar refractivity (Wildman–Crippen MR) is 134 cm³/mol. The van der Waals surface area contributed by atoms with Gasteiger partial charge in [0.2, 0.25) is 5.91 Å². The number of amides is 1. The second-order valence-corrected chi connectivity index (χ2v) is 11.5. The first kappa shape index (κ1) is 32.5. The average molecular weight is 496 g/mol. The van der Waals surface area contributed by atoms with Crippen molar-refractivity contribution in [2.45, 2.75) is 109 Å². The minimum absolute atomic E-state index is 0.0758. The van der Waals surface area contributed by atoms with Crippen LogP contribution in [-0.4, -0.2) is 73.4 Å². The summed E-state index contributed by atoms with van der Waals surface area (Å²) in [6.45, 7) is 4.68. The van der Waals surface area contributed by atoms with Gasteiger partial charge in [-0.2, -0.15) is 0 Å². The number of likely N-dealkylation sites (N-methyl/N-ethyl adjacent to an activating group) is 1. The Hall–Kier alpha value is -0.500. The van der Waals surface area contributed by atoms with Gasteiger partial charge in [-0.3, -0.25) is 13.8 Å². The van der Waals surface area contributed by atoms with E-state index in [1.54, 1.807) is 0 Å². The summed E-state index contributed by atoms with van der Waals surface area (Å²) in [5.74, 6) is -0.166. The topological polar surface area (TPSA) is 105 Å². The molecule has 8 nitrogen and oxygen atoms in total. The van der Waals surface area contributed by atoms with Gasteiger partial charge in [0.25, 0.3) is 0 Å². The average Bonchev–Trinajstić information content (AvgIpc) is 2.72. The van der Waals surface area contributed by atoms with E-state index in [0.29, 0.717) is 23.9 Å². The highest BCUT2D eigenvalue weighted by Gasteiger charge is 2.28. The quantitative estimate of drug-likeness (QED) is 0.113. The molecule has 33 heavy (non-hydrogen) atoms. The molecule has 3 N–H and O–H groups in total. The molecule has 0 rings (SSSR count). The first-order valence-corrected chi connectivity index (χ1v) is 14.4. The zero-order valence-corrected chi connectivity index (χ0v) is 22.8. The fourth-order valence-corrected chi connectivity index (χ4v) is 4.13. The van der Waals surface area contributed by atoms with Gasteiger partial charge in [-0.25, -0.2) is 4.57 Å². The summed E-state index contributed by atoms with van der Waals surface area (Å²) < 4.78 is 23.1. The fourth-order valence-electron chi connectivity index (χ4n) is 3.39. The van der Waals surface area contributed by atoms with Gasteiger partial charge >= 0.3 is 7.82 Å². The lowest BCUT2D eigenvalue weighted by molar-refractivity contribution is -0.870. The normalized spacial score (nSPS) is 15.7. The molecule has 0 aliphatic rings. The van der Waals surface area contributed by atoms with Crippen LogP contribution in [0.1, 0.15) is 97.3 Å². The molecule has 0 fully saturated rings. The Morgan fingerprint density at radius 3 is 2.03 bits per heavy atom. The van der Waals surface area contributed by atoms with Gasteiger partial charge in [-0.15, -0.1) is 0 Å². The van der Waals surface area contributed by atoms with Gasteiger partial charge in [-0.1, -0.05) is 78.1 Å². The minimum atomic E-state index is -4.27. The number of aliphatic hydroxyl groups excluding tert-OH is 1. The number of phosphoric ester groups is 1. The van der Waals surface area contributed by atoms with Crippen molar-refractivity contribution < 1.29 is 32.9 Å². The molecular weight excluding hydrogens is 443 g/mol. The van der Waals surface area contributed by atoms with Crippen molar-refractivity contribution in [3.05, 3.63) is 0 Å². The van der Waals surface area contributed by atoms with E-state index in [1.807, 2.05) is 21.1 Å². The summed E-state index contributed by atoms with van der Waals surface area (Å²) in [7, 11) is 1.61. The van der Waals surface area contributed by atoms with E-state index >= 15 is 0 Å². The van der Waals surface area contributed by atoms with Crippen LogP contribution in [0.4, 0.5) is 0 Å². The van der Waals surface area contributed by atoms with Gasteiger partial charge in [0.05, 0.1) is 39.9 Å². The van der Waals surface area contributed by atoms with Gasteiger partial charge in [0, 0.05) is 6.42 Å². The second kappa shape index (κ2) is 18.8. The molecule has 0 saturated heterocycles. The second-order valence-electron chi connectivity index (χ2n) is 10.1. The van der Waals surface area contributed by atoms with Crippen LogP contribution in [0.3, 0.4) is 0 Å². The third kappa shape index (κ3) is 20.6. The molecular formula is C24H52N2O6P+. The van der Waals surface area contributed by atoms with E-state index < -0.39 is 20.0 Å². The molecule has 0 aromatic rings. The van der Waals surface area contributed by atoms with Crippen LogP contribution in [0.25, 0.3) is 0 Å². The number of hydrogen-bond acceptors (Lipinski definition) is 5. The third-order valence-electron chi connectivity index (χ3n) is 5.61. The number of unbranched alkanes of at least 4 members (excludes halogenated alkanes) is 9. The minimum Gasteiger partial charge on any atom is -0.391 e. The van der Waals surface area contributed by atoms with E-state index in [9.17, 15) is 19.4 Å². The van der Waals surface area contributed by atoms with Crippen molar-refractivity contribution in [2.75, 3.05) is 40.9 Å². The number of nitrogens with one attached hydrogen (secondary N) is 1. The molecule has 9 heteroatoms. The van der Waals surface area contributed by atoms with Gasteiger partial charge < -0.3 is 19.8 Å². The Kier molecular flexibility index (Phi) is 18.5. The van der Waals surface area contributed by atoms with Crippen LogP contribution in [0.2, 0.25) is 0 Å².